The Hall–Kier alpha value is -1.77. The molecule has 3 heterocycles. The smallest absolute Gasteiger partial charge is 0.147 e. The Morgan fingerprint density at radius 3 is 3.04 bits per heavy atom. The highest BCUT2D eigenvalue weighted by atomic mass is 16.5. The van der Waals surface area contributed by atoms with E-state index < -0.39 is 0 Å². The van der Waals surface area contributed by atoms with Gasteiger partial charge < -0.3 is 20.0 Å². The molecule has 0 spiro atoms. The summed E-state index contributed by atoms with van der Waals surface area (Å²) in [5, 5.41) is 8.96. The van der Waals surface area contributed by atoms with Gasteiger partial charge in [-0.3, -0.25) is 4.90 Å². The van der Waals surface area contributed by atoms with E-state index in [9.17, 15) is 0 Å². The first-order chi connectivity index (χ1) is 11.7. The van der Waals surface area contributed by atoms with Gasteiger partial charge >= 0.3 is 0 Å². The van der Waals surface area contributed by atoms with Crippen molar-refractivity contribution in [3.8, 4) is 0 Å². The highest BCUT2D eigenvalue weighted by Gasteiger charge is 2.32. The zero-order valence-corrected chi connectivity index (χ0v) is 14.1. The van der Waals surface area contributed by atoms with Crippen molar-refractivity contribution >= 4 is 0 Å². The predicted molar refractivity (Wildman–Crippen MR) is 88.3 cm³/mol. The molecule has 0 saturated heterocycles. The van der Waals surface area contributed by atoms with Gasteiger partial charge in [-0.1, -0.05) is 0 Å². The maximum absolute atomic E-state index is 5.95. The van der Waals surface area contributed by atoms with Crippen molar-refractivity contribution in [1.29, 1.82) is 0 Å². The number of hydrogen-bond donors (Lipinski definition) is 2. The lowest BCUT2D eigenvalue weighted by molar-refractivity contribution is 0.179. The van der Waals surface area contributed by atoms with E-state index in [4.69, 9.17) is 10.5 Å². The van der Waals surface area contributed by atoms with E-state index in [1.807, 2.05) is 0 Å². The van der Waals surface area contributed by atoms with Gasteiger partial charge in [0.25, 0.3) is 0 Å². The molecular formula is C16H25N7O. The van der Waals surface area contributed by atoms with E-state index in [0.29, 0.717) is 18.6 Å². The molecule has 3 N–H and O–H groups in total. The second-order valence-electron chi connectivity index (χ2n) is 6.84. The van der Waals surface area contributed by atoms with Crippen LogP contribution in [0.4, 0.5) is 0 Å². The van der Waals surface area contributed by atoms with Gasteiger partial charge in [0.15, 0.2) is 0 Å². The number of nitrogens with one attached hydrogen (secondary N) is 1. The number of methoxy groups -OCH3 is 1. The molecule has 2 aliphatic rings. The van der Waals surface area contributed by atoms with Crippen molar-refractivity contribution in [2.45, 2.75) is 50.9 Å². The lowest BCUT2D eigenvalue weighted by atomic mass is 9.80. The van der Waals surface area contributed by atoms with Gasteiger partial charge in [-0.2, -0.15) is 0 Å². The molecule has 0 bridgehead atoms. The molecule has 0 aromatic carbocycles. The van der Waals surface area contributed by atoms with E-state index in [1.165, 1.54) is 11.4 Å². The van der Waals surface area contributed by atoms with Gasteiger partial charge in [0, 0.05) is 45.1 Å². The third-order valence-electron chi connectivity index (χ3n) is 5.13. The SMILES string of the molecule is COCCn1c(CN2CCc3nc[nH]c3C2)nnc1C1CC(N)C1. The Morgan fingerprint density at radius 2 is 2.25 bits per heavy atom. The van der Waals surface area contributed by atoms with E-state index in [-0.39, 0.29) is 0 Å². The molecule has 8 nitrogen and oxygen atoms in total. The number of hydrogen-bond acceptors (Lipinski definition) is 6. The highest BCUT2D eigenvalue weighted by Crippen LogP contribution is 2.35. The van der Waals surface area contributed by atoms with Crippen LogP contribution in [0.2, 0.25) is 0 Å². The van der Waals surface area contributed by atoms with E-state index in [2.05, 4.69) is 29.6 Å². The average molecular weight is 331 g/mol. The van der Waals surface area contributed by atoms with Crippen LogP contribution in [0.15, 0.2) is 6.33 Å². The molecule has 4 rings (SSSR count). The number of ether oxygens (including phenoxy) is 1. The van der Waals surface area contributed by atoms with Crippen molar-refractivity contribution in [3.05, 3.63) is 29.4 Å². The molecule has 130 valence electrons. The molecule has 0 amide bonds. The summed E-state index contributed by atoms with van der Waals surface area (Å²) in [4.78, 5) is 10.00. The third-order valence-corrected chi connectivity index (χ3v) is 5.13. The second-order valence-corrected chi connectivity index (χ2v) is 6.84. The number of nitrogens with two attached hydrogens (primary N) is 1. The first kappa shape index (κ1) is 15.7. The van der Waals surface area contributed by atoms with Crippen LogP contribution in [-0.2, 0) is 30.8 Å². The largest absolute Gasteiger partial charge is 0.383 e. The number of fused-ring (bicyclic) bond motifs is 1. The number of aromatic amines is 1. The van der Waals surface area contributed by atoms with Crippen LogP contribution in [-0.4, -0.2) is 55.9 Å². The number of imidazole rings is 1. The van der Waals surface area contributed by atoms with Gasteiger partial charge in [-0.25, -0.2) is 4.98 Å². The Kier molecular flexibility index (Phi) is 4.34. The number of H-pyrrole nitrogens is 1. The summed E-state index contributed by atoms with van der Waals surface area (Å²) >= 11 is 0. The Balaban J connectivity index is 1.50. The number of rotatable bonds is 6. The van der Waals surface area contributed by atoms with E-state index in [0.717, 1.165) is 57.1 Å². The van der Waals surface area contributed by atoms with E-state index >= 15 is 0 Å². The molecule has 2 aromatic heterocycles. The van der Waals surface area contributed by atoms with Crippen LogP contribution in [0.3, 0.4) is 0 Å². The average Bonchev–Trinajstić information content (AvgIpc) is 3.16. The Morgan fingerprint density at radius 1 is 1.38 bits per heavy atom. The van der Waals surface area contributed by atoms with Crippen LogP contribution in [0, 0.1) is 0 Å². The summed E-state index contributed by atoms with van der Waals surface area (Å²) in [6, 6.07) is 0.312. The quantitative estimate of drug-likeness (QED) is 0.796. The third kappa shape index (κ3) is 2.97. The molecule has 24 heavy (non-hydrogen) atoms. The predicted octanol–water partition coefficient (Wildman–Crippen LogP) is 0.411. The summed E-state index contributed by atoms with van der Waals surface area (Å²) in [6.07, 6.45) is 4.78. The van der Waals surface area contributed by atoms with Gasteiger partial charge in [0.05, 0.1) is 30.9 Å². The minimum Gasteiger partial charge on any atom is -0.383 e. The van der Waals surface area contributed by atoms with Crippen molar-refractivity contribution < 1.29 is 4.74 Å². The first-order valence-electron chi connectivity index (χ1n) is 8.64. The molecule has 1 aliphatic carbocycles. The summed E-state index contributed by atoms with van der Waals surface area (Å²) in [6.45, 7) is 4.15. The lowest BCUT2D eigenvalue weighted by Gasteiger charge is -2.32. The normalized spacial score (nSPS) is 23.9. The first-order valence-corrected chi connectivity index (χ1v) is 8.64. The minimum atomic E-state index is 0.312. The topological polar surface area (TPSA) is 97.9 Å². The minimum absolute atomic E-state index is 0.312. The van der Waals surface area contributed by atoms with Gasteiger partial charge in [0.2, 0.25) is 0 Å². The van der Waals surface area contributed by atoms with Crippen LogP contribution in [0.25, 0.3) is 0 Å². The molecule has 1 saturated carbocycles. The molecule has 2 aromatic rings. The maximum Gasteiger partial charge on any atom is 0.147 e. The summed E-state index contributed by atoms with van der Waals surface area (Å²) < 4.78 is 7.51. The van der Waals surface area contributed by atoms with Crippen molar-refractivity contribution in [1.82, 2.24) is 29.6 Å². The molecule has 1 aliphatic heterocycles. The van der Waals surface area contributed by atoms with Crippen molar-refractivity contribution in [2.75, 3.05) is 20.3 Å². The Bertz CT molecular complexity index is 688. The fraction of sp³-hybridized carbons (Fsp3) is 0.688. The van der Waals surface area contributed by atoms with Gasteiger partial charge in [-0.05, 0) is 12.8 Å². The van der Waals surface area contributed by atoms with Crippen LogP contribution < -0.4 is 5.73 Å². The van der Waals surface area contributed by atoms with Gasteiger partial charge in [0.1, 0.15) is 11.6 Å². The van der Waals surface area contributed by atoms with Crippen molar-refractivity contribution in [3.63, 3.8) is 0 Å². The lowest BCUT2D eigenvalue weighted by Crippen LogP contribution is -2.36. The molecule has 0 radical (unpaired) electrons. The fourth-order valence-corrected chi connectivity index (χ4v) is 3.67. The fourth-order valence-electron chi connectivity index (χ4n) is 3.67. The molecule has 1 fully saturated rings. The van der Waals surface area contributed by atoms with E-state index in [1.54, 1.807) is 13.4 Å². The van der Waals surface area contributed by atoms with Gasteiger partial charge in [-0.15, -0.1) is 10.2 Å². The summed E-state index contributed by atoms with van der Waals surface area (Å²) in [5.74, 6) is 2.53. The zero-order chi connectivity index (χ0) is 16.5. The molecule has 8 heteroatoms. The van der Waals surface area contributed by atoms with Crippen LogP contribution in [0.1, 0.15) is 41.8 Å². The standard InChI is InChI=1S/C16H25N7O/c1-24-5-4-23-15(20-21-16(23)11-6-12(17)7-11)9-22-3-2-13-14(8-22)19-10-18-13/h10-12H,2-9,17H2,1H3,(H,18,19). The Labute approximate surface area is 141 Å². The summed E-state index contributed by atoms with van der Waals surface area (Å²) in [5.41, 5.74) is 8.36. The van der Waals surface area contributed by atoms with Crippen LogP contribution >= 0.6 is 0 Å². The molecule has 0 unspecified atom stereocenters. The molecular weight excluding hydrogens is 306 g/mol. The van der Waals surface area contributed by atoms with Crippen LogP contribution in [0.5, 0.6) is 0 Å². The number of aromatic nitrogens is 5. The summed E-state index contributed by atoms with van der Waals surface area (Å²) in [7, 11) is 1.73. The number of nitrogens with zero attached hydrogens (tertiary/aromatic N) is 5. The zero-order valence-electron chi connectivity index (χ0n) is 14.1. The second kappa shape index (κ2) is 6.62. The maximum atomic E-state index is 5.95. The monoisotopic (exact) mass is 331 g/mol. The molecule has 0 atom stereocenters. The highest BCUT2D eigenvalue weighted by molar-refractivity contribution is 5.15. The van der Waals surface area contributed by atoms with Crippen molar-refractivity contribution in [2.24, 2.45) is 5.73 Å².